The maximum Gasteiger partial charge on any atom is 0.307 e. The van der Waals surface area contributed by atoms with Gasteiger partial charge in [0.15, 0.2) is 10.4 Å². The fourth-order valence-corrected chi connectivity index (χ4v) is 1.80. The second-order valence-corrected chi connectivity index (χ2v) is 4.63. The maximum atomic E-state index is 13.4. The summed E-state index contributed by atoms with van der Waals surface area (Å²) in [6.07, 6.45) is 1.13. The molecule has 0 aliphatic rings. The Bertz CT molecular complexity index is 622. The molecule has 1 aromatic heterocycles. The number of amides is 1. The Morgan fingerprint density at radius 2 is 2.21 bits per heavy atom. The molecule has 98 valence electrons. The van der Waals surface area contributed by atoms with Crippen LogP contribution in [0, 0.1) is 5.82 Å². The zero-order chi connectivity index (χ0) is 13.8. The lowest BCUT2D eigenvalue weighted by Crippen LogP contribution is -2.16. The Hall–Kier alpha value is -1.66. The number of nitrogens with zero attached hydrogens (tertiary/aromatic N) is 1. The van der Waals surface area contributed by atoms with Crippen molar-refractivity contribution in [2.45, 2.75) is 0 Å². The van der Waals surface area contributed by atoms with Gasteiger partial charge in [-0.3, -0.25) is 4.79 Å². The number of hydrazone groups is 1. The molecule has 2 aromatic rings. The first kappa shape index (κ1) is 13.8. The highest BCUT2D eigenvalue weighted by molar-refractivity contribution is 9.10. The molecule has 4 nitrogen and oxygen atoms in total. The predicted molar refractivity (Wildman–Crippen MR) is 72.9 cm³/mol. The Balaban J connectivity index is 2.06. The Morgan fingerprint density at radius 3 is 2.84 bits per heavy atom. The van der Waals surface area contributed by atoms with Crippen molar-refractivity contribution in [2.75, 3.05) is 0 Å². The summed E-state index contributed by atoms with van der Waals surface area (Å²) in [4.78, 5) is 11.6. The van der Waals surface area contributed by atoms with Gasteiger partial charge in [0.05, 0.1) is 11.2 Å². The lowest BCUT2D eigenvalue weighted by Gasteiger charge is -1.99. The largest absolute Gasteiger partial charge is 0.444 e. The number of carbonyl (C=O) groups excluding carboxylic acids is 1. The van der Waals surface area contributed by atoms with Crippen molar-refractivity contribution in [1.29, 1.82) is 0 Å². The van der Waals surface area contributed by atoms with E-state index >= 15 is 0 Å². The zero-order valence-corrected chi connectivity index (χ0v) is 11.7. The molecule has 1 amide bonds. The van der Waals surface area contributed by atoms with Crippen molar-refractivity contribution >= 4 is 39.7 Å². The maximum absolute atomic E-state index is 13.4. The van der Waals surface area contributed by atoms with Gasteiger partial charge >= 0.3 is 5.91 Å². The molecule has 0 spiro atoms. The molecular formula is C12H7BrClFN2O2. The van der Waals surface area contributed by atoms with Crippen LogP contribution < -0.4 is 5.43 Å². The second kappa shape index (κ2) is 5.99. The molecule has 0 saturated heterocycles. The van der Waals surface area contributed by atoms with E-state index in [1.807, 2.05) is 0 Å². The van der Waals surface area contributed by atoms with Crippen LogP contribution in [0.3, 0.4) is 0 Å². The van der Waals surface area contributed by atoms with E-state index in [0.29, 0.717) is 4.67 Å². The van der Waals surface area contributed by atoms with Crippen molar-refractivity contribution in [2.24, 2.45) is 5.10 Å². The van der Waals surface area contributed by atoms with E-state index in [1.165, 1.54) is 24.3 Å². The van der Waals surface area contributed by atoms with Crippen LogP contribution in [0.15, 0.2) is 44.5 Å². The Morgan fingerprint density at radius 1 is 1.42 bits per heavy atom. The quantitative estimate of drug-likeness (QED) is 0.682. The molecule has 0 fully saturated rings. The topological polar surface area (TPSA) is 54.6 Å². The van der Waals surface area contributed by atoms with Gasteiger partial charge in [0, 0.05) is 5.56 Å². The molecule has 0 aliphatic carbocycles. The van der Waals surface area contributed by atoms with Crippen molar-refractivity contribution in [3.63, 3.8) is 0 Å². The third kappa shape index (κ3) is 3.42. The highest BCUT2D eigenvalue weighted by atomic mass is 79.9. The second-order valence-electron chi connectivity index (χ2n) is 3.44. The van der Waals surface area contributed by atoms with E-state index in [0.717, 1.165) is 6.21 Å². The Labute approximate surface area is 121 Å². The van der Waals surface area contributed by atoms with Gasteiger partial charge < -0.3 is 4.42 Å². The van der Waals surface area contributed by atoms with Gasteiger partial charge in [0.1, 0.15) is 5.82 Å². The van der Waals surface area contributed by atoms with Crippen LogP contribution in [0.1, 0.15) is 16.1 Å². The minimum atomic E-state index is -0.547. The molecule has 7 heteroatoms. The summed E-state index contributed by atoms with van der Waals surface area (Å²) in [5, 5.41) is 3.83. The predicted octanol–water partition coefficient (Wildman–Crippen LogP) is 3.60. The van der Waals surface area contributed by atoms with Gasteiger partial charge in [-0.2, -0.15) is 5.10 Å². The molecule has 1 heterocycles. The Kier molecular flexibility index (Phi) is 4.34. The van der Waals surface area contributed by atoms with Crippen LogP contribution in [0.5, 0.6) is 0 Å². The van der Waals surface area contributed by atoms with E-state index in [4.69, 9.17) is 16.0 Å². The van der Waals surface area contributed by atoms with E-state index in [2.05, 4.69) is 26.5 Å². The van der Waals surface area contributed by atoms with E-state index in [1.54, 1.807) is 6.07 Å². The number of benzene rings is 1. The van der Waals surface area contributed by atoms with Crippen LogP contribution in [-0.2, 0) is 0 Å². The average molecular weight is 346 g/mol. The molecule has 19 heavy (non-hydrogen) atoms. The smallest absolute Gasteiger partial charge is 0.307 e. The van der Waals surface area contributed by atoms with Gasteiger partial charge in [-0.25, -0.2) is 9.82 Å². The third-order valence-corrected chi connectivity index (χ3v) is 2.91. The van der Waals surface area contributed by atoms with Crippen molar-refractivity contribution in [1.82, 2.24) is 5.43 Å². The van der Waals surface area contributed by atoms with Crippen LogP contribution in [0.25, 0.3) is 0 Å². The molecule has 2 rings (SSSR count). The van der Waals surface area contributed by atoms with Gasteiger partial charge in [0.2, 0.25) is 0 Å². The number of rotatable bonds is 3. The number of furan rings is 1. The molecule has 1 N–H and O–H groups in total. The number of hydrogen-bond acceptors (Lipinski definition) is 3. The summed E-state index contributed by atoms with van der Waals surface area (Å²) in [6.45, 7) is 0. The summed E-state index contributed by atoms with van der Waals surface area (Å²) in [6, 6.07) is 7.31. The summed E-state index contributed by atoms with van der Waals surface area (Å²) >= 11 is 8.87. The van der Waals surface area contributed by atoms with E-state index < -0.39 is 11.7 Å². The first-order valence-electron chi connectivity index (χ1n) is 5.10. The minimum Gasteiger partial charge on any atom is -0.444 e. The fraction of sp³-hybridized carbons (Fsp3) is 0. The molecule has 0 bridgehead atoms. The van der Waals surface area contributed by atoms with Crippen LogP contribution >= 0.6 is 27.5 Å². The zero-order valence-electron chi connectivity index (χ0n) is 9.36. The lowest BCUT2D eigenvalue weighted by atomic mass is 10.2. The SMILES string of the molecule is O=C(N/N=C\c1c(F)cccc1Cl)c1ccc(Br)o1. The first-order chi connectivity index (χ1) is 9.08. The number of carbonyl (C=O) groups is 1. The number of nitrogens with one attached hydrogen (secondary N) is 1. The van der Waals surface area contributed by atoms with Crippen molar-refractivity contribution < 1.29 is 13.6 Å². The van der Waals surface area contributed by atoms with Gasteiger partial charge in [-0.05, 0) is 40.2 Å². The molecule has 1 aromatic carbocycles. The fourth-order valence-electron chi connectivity index (χ4n) is 1.28. The van der Waals surface area contributed by atoms with Gasteiger partial charge in [-0.1, -0.05) is 17.7 Å². The first-order valence-corrected chi connectivity index (χ1v) is 6.28. The van der Waals surface area contributed by atoms with Crippen molar-refractivity contribution in [3.8, 4) is 0 Å². The van der Waals surface area contributed by atoms with Crippen LogP contribution in [0.4, 0.5) is 4.39 Å². The average Bonchev–Trinajstić information content (AvgIpc) is 2.79. The number of halogens is 3. The molecule has 0 atom stereocenters. The third-order valence-electron chi connectivity index (χ3n) is 2.16. The summed E-state index contributed by atoms with van der Waals surface area (Å²) in [5.41, 5.74) is 2.31. The standard InChI is InChI=1S/C12H7BrClFN2O2/c13-11-5-4-10(19-11)12(18)17-16-6-7-8(14)2-1-3-9(7)15/h1-6H,(H,17,18)/b16-6-. The number of hydrogen-bond donors (Lipinski definition) is 1. The highest BCUT2D eigenvalue weighted by Gasteiger charge is 2.09. The molecular weight excluding hydrogens is 338 g/mol. The summed E-state index contributed by atoms with van der Waals surface area (Å²) < 4.78 is 18.8. The normalized spacial score (nSPS) is 10.9. The molecule has 0 saturated carbocycles. The van der Waals surface area contributed by atoms with E-state index in [9.17, 15) is 9.18 Å². The monoisotopic (exact) mass is 344 g/mol. The van der Waals surface area contributed by atoms with E-state index in [-0.39, 0.29) is 16.3 Å². The lowest BCUT2D eigenvalue weighted by molar-refractivity contribution is 0.0926. The highest BCUT2D eigenvalue weighted by Crippen LogP contribution is 2.16. The minimum absolute atomic E-state index is 0.0867. The van der Waals surface area contributed by atoms with Gasteiger partial charge in [-0.15, -0.1) is 0 Å². The summed E-state index contributed by atoms with van der Waals surface area (Å²) in [5.74, 6) is -0.982. The molecule has 0 aliphatic heterocycles. The van der Waals surface area contributed by atoms with Crippen LogP contribution in [-0.4, -0.2) is 12.1 Å². The van der Waals surface area contributed by atoms with Crippen LogP contribution in [0.2, 0.25) is 5.02 Å². The van der Waals surface area contributed by atoms with Crippen molar-refractivity contribution in [3.05, 3.63) is 57.2 Å². The van der Waals surface area contributed by atoms with Gasteiger partial charge in [0.25, 0.3) is 0 Å². The molecule has 0 unspecified atom stereocenters. The summed E-state index contributed by atoms with van der Waals surface area (Å²) in [7, 11) is 0. The molecule has 0 radical (unpaired) electrons.